The fourth-order valence-electron chi connectivity index (χ4n) is 3.51. The number of hydrogen-bond acceptors (Lipinski definition) is 5. The van der Waals surface area contributed by atoms with Crippen molar-refractivity contribution in [2.45, 2.75) is 18.8 Å². The van der Waals surface area contributed by atoms with Gasteiger partial charge in [0.2, 0.25) is 0 Å². The van der Waals surface area contributed by atoms with Crippen molar-refractivity contribution in [3.8, 4) is 0 Å². The van der Waals surface area contributed by atoms with Crippen LogP contribution in [0.25, 0.3) is 5.65 Å². The Morgan fingerprint density at radius 2 is 1.78 bits per heavy atom. The highest BCUT2D eigenvalue weighted by atomic mass is 19.1. The third-order valence-corrected chi connectivity index (χ3v) is 5.24. The van der Waals surface area contributed by atoms with Gasteiger partial charge in [0, 0.05) is 43.7 Å². The molecule has 1 aliphatic heterocycles. The second-order valence-corrected chi connectivity index (χ2v) is 7.10. The number of halogens is 1. The number of piperazine rings is 1. The monoisotopic (exact) mass is 366 g/mol. The average molecular weight is 366 g/mol. The van der Waals surface area contributed by atoms with Crippen LogP contribution in [0, 0.1) is 5.82 Å². The van der Waals surface area contributed by atoms with Crippen LogP contribution in [-0.4, -0.2) is 56.8 Å². The summed E-state index contributed by atoms with van der Waals surface area (Å²) in [4.78, 5) is 16.6. The SMILES string of the molecule is O=C(c1ccc(F)cc1)N1CCN(c2cnn3c(C4CC4)nnc3c2)CC1. The zero-order valence-electron chi connectivity index (χ0n) is 14.8. The lowest BCUT2D eigenvalue weighted by Gasteiger charge is -2.36. The number of fused-ring (bicyclic) bond motifs is 1. The quantitative estimate of drug-likeness (QED) is 0.710. The lowest BCUT2D eigenvalue weighted by Crippen LogP contribution is -2.48. The number of nitrogens with zero attached hydrogens (tertiary/aromatic N) is 6. The second-order valence-electron chi connectivity index (χ2n) is 7.10. The van der Waals surface area contributed by atoms with Gasteiger partial charge in [0.15, 0.2) is 11.5 Å². The summed E-state index contributed by atoms with van der Waals surface area (Å²) in [5, 5.41) is 13.0. The summed E-state index contributed by atoms with van der Waals surface area (Å²) < 4.78 is 14.9. The minimum atomic E-state index is -0.336. The molecule has 138 valence electrons. The Labute approximate surface area is 155 Å². The van der Waals surface area contributed by atoms with Gasteiger partial charge >= 0.3 is 0 Å². The van der Waals surface area contributed by atoms with Crippen LogP contribution < -0.4 is 4.90 Å². The van der Waals surface area contributed by atoms with E-state index < -0.39 is 0 Å². The Balaban J connectivity index is 1.28. The van der Waals surface area contributed by atoms with E-state index in [1.807, 2.05) is 16.8 Å². The van der Waals surface area contributed by atoms with Crippen molar-refractivity contribution in [1.82, 2.24) is 24.7 Å². The Morgan fingerprint density at radius 1 is 1.04 bits per heavy atom. The Morgan fingerprint density at radius 3 is 2.48 bits per heavy atom. The minimum Gasteiger partial charge on any atom is -0.367 e. The van der Waals surface area contributed by atoms with E-state index in [1.165, 1.54) is 24.3 Å². The number of rotatable bonds is 3. The molecule has 2 aliphatic rings. The first kappa shape index (κ1) is 16.2. The van der Waals surface area contributed by atoms with E-state index in [-0.39, 0.29) is 11.7 Å². The Bertz CT molecular complexity index is 989. The predicted molar refractivity (Wildman–Crippen MR) is 97.3 cm³/mol. The molecule has 3 heterocycles. The molecule has 1 amide bonds. The normalized spacial score (nSPS) is 17.5. The van der Waals surface area contributed by atoms with E-state index in [2.05, 4.69) is 20.2 Å². The second kappa shape index (κ2) is 6.29. The highest BCUT2D eigenvalue weighted by Gasteiger charge is 2.29. The van der Waals surface area contributed by atoms with Gasteiger partial charge in [0.25, 0.3) is 5.91 Å². The van der Waals surface area contributed by atoms with Gasteiger partial charge in [-0.15, -0.1) is 10.2 Å². The van der Waals surface area contributed by atoms with E-state index in [4.69, 9.17) is 0 Å². The fraction of sp³-hybridized carbons (Fsp3) is 0.368. The molecule has 0 bridgehead atoms. The summed E-state index contributed by atoms with van der Waals surface area (Å²) in [5.74, 6) is 1.05. The standard InChI is InChI=1S/C19H19FN6O/c20-15-5-3-14(4-6-15)19(27)25-9-7-24(8-10-25)16-11-17-22-23-18(13-1-2-13)26(17)21-12-16/h3-6,11-13H,1-2,7-10H2. The first-order chi connectivity index (χ1) is 13.2. The van der Waals surface area contributed by atoms with Crippen molar-refractivity contribution < 1.29 is 9.18 Å². The van der Waals surface area contributed by atoms with Crippen molar-refractivity contribution >= 4 is 17.2 Å². The first-order valence-electron chi connectivity index (χ1n) is 9.20. The minimum absolute atomic E-state index is 0.0604. The van der Waals surface area contributed by atoms with Gasteiger partial charge in [-0.05, 0) is 37.1 Å². The average Bonchev–Trinajstić information content (AvgIpc) is 3.47. The molecular formula is C19H19FN6O. The smallest absolute Gasteiger partial charge is 0.253 e. The van der Waals surface area contributed by atoms with E-state index >= 15 is 0 Å². The van der Waals surface area contributed by atoms with Crippen molar-refractivity contribution in [3.63, 3.8) is 0 Å². The highest BCUT2D eigenvalue weighted by Crippen LogP contribution is 2.38. The molecule has 7 nitrogen and oxygen atoms in total. The zero-order chi connectivity index (χ0) is 18.4. The molecule has 0 radical (unpaired) electrons. The largest absolute Gasteiger partial charge is 0.367 e. The molecule has 8 heteroatoms. The van der Waals surface area contributed by atoms with Crippen LogP contribution >= 0.6 is 0 Å². The summed E-state index contributed by atoms with van der Waals surface area (Å²) in [6.45, 7) is 2.66. The molecule has 0 unspecified atom stereocenters. The number of anilines is 1. The zero-order valence-corrected chi connectivity index (χ0v) is 14.8. The van der Waals surface area contributed by atoms with E-state index in [0.717, 1.165) is 30.0 Å². The third kappa shape index (κ3) is 3.01. The van der Waals surface area contributed by atoms with Crippen LogP contribution in [0.1, 0.15) is 34.9 Å². The Kier molecular flexibility index (Phi) is 3.77. The molecule has 1 saturated heterocycles. The molecule has 3 aromatic rings. The van der Waals surface area contributed by atoms with Crippen molar-refractivity contribution in [1.29, 1.82) is 0 Å². The van der Waals surface area contributed by atoms with Gasteiger partial charge < -0.3 is 9.80 Å². The molecule has 0 spiro atoms. The van der Waals surface area contributed by atoms with E-state index in [1.54, 1.807) is 4.90 Å². The van der Waals surface area contributed by atoms with Crippen LogP contribution in [0.4, 0.5) is 10.1 Å². The van der Waals surface area contributed by atoms with Crippen LogP contribution in [0.15, 0.2) is 36.5 Å². The van der Waals surface area contributed by atoms with E-state index in [9.17, 15) is 9.18 Å². The molecule has 2 aromatic heterocycles. The van der Waals surface area contributed by atoms with Gasteiger partial charge in [-0.1, -0.05) is 0 Å². The van der Waals surface area contributed by atoms with Crippen LogP contribution in [-0.2, 0) is 0 Å². The molecule has 1 aliphatic carbocycles. The molecule has 5 rings (SSSR count). The maximum atomic E-state index is 13.0. The number of carbonyl (C=O) groups excluding carboxylic acids is 1. The topological polar surface area (TPSA) is 66.6 Å². The molecule has 0 N–H and O–H groups in total. The summed E-state index contributed by atoms with van der Waals surface area (Å²) in [6, 6.07) is 7.70. The summed E-state index contributed by atoms with van der Waals surface area (Å²) in [6.07, 6.45) is 4.17. The number of hydrogen-bond donors (Lipinski definition) is 0. The van der Waals surface area contributed by atoms with Gasteiger partial charge in [0.05, 0.1) is 11.9 Å². The maximum Gasteiger partial charge on any atom is 0.253 e. The predicted octanol–water partition coefficient (Wildman–Crippen LogP) is 2.10. The molecule has 1 aromatic carbocycles. The summed E-state index contributed by atoms with van der Waals surface area (Å²) >= 11 is 0. The fourth-order valence-corrected chi connectivity index (χ4v) is 3.51. The Hall–Kier alpha value is -3.03. The first-order valence-corrected chi connectivity index (χ1v) is 9.20. The van der Waals surface area contributed by atoms with Crippen LogP contribution in [0.2, 0.25) is 0 Å². The van der Waals surface area contributed by atoms with Crippen molar-refractivity contribution in [2.24, 2.45) is 0 Å². The lowest BCUT2D eigenvalue weighted by molar-refractivity contribution is 0.0746. The van der Waals surface area contributed by atoms with Crippen LogP contribution in [0.3, 0.4) is 0 Å². The van der Waals surface area contributed by atoms with Crippen LogP contribution in [0.5, 0.6) is 0 Å². The number of benzene rings is 1. The number of amides is 1. The number of aromatic nitrogens is 4. The van der Waals surface area contributed by atoms with Crippen molar-refractivity contribution in [3.05, 3.63) is 53.7 Å². The highest BCUT2D eigenvalue weighted by molar-refractivity contribution is 5.94. The van der Waals surface area contributed by atoms with Gasteiger partial charge in [-0.2, -0.15) is 9.61 Å². The summed E-state index contributed by atoms with van der Waals surface area (Å²) in [5.41, 5.74) is 2.27. The number of carbonyl (C=O) groups is 1. The van der Waals surface area contributed by atoms with E-state index in [0.29, 0.717) is 37.7 Å². The van der Waals surface area contributed by atoms with Crippen molar-refractivity contribution in [2.75, 3.05) is 31.1 Å². The summed E-state index contributed by atoms with van der Waals surface area (Å²) in [7, 11) is 0. The molecule has 0 atom stereocenters. The molecule has 2 fully saturated rings. The van der Waals surface area contributed by atoms with Gasteiger partial charge in [0.1, 0.15) is 5.82 Å². The maximum absolute atomic E-state index is 13.0. The molecular weight excluding hydrogens is 347 g/mol. The van der Waals surface area contributed by atoms with Gasteiger partial charge in [-0.25, -0.2) is 4.39 Å². The molecule has 27 heavy (non-hydrogen) atoms. The lowest BCUT2D eigenvalue weighted by atomic mass is 10.1. The molecule has 1 saturated carbocycles. The van der Waals surface area contributed by atoms with Gasteiger partial charge in [-0.3, -0.25) is 4.79 Å². The third-order valence-electron chi connectivity index (χ3n) is 5.24.